The first-order valence-electron chi connectivity index (χ1n) is 8.78. The lowest BCUT2D eigenvalue weighted by Crippen LogP contribution is -2.26. The lowest BCUT2D eigenvalue weighted by atomic mass is 9.76. The molecule has 0 spiro atoms. The van der Waals surface area contributed by atoms with Gasteiger partial charge < -0.3 is 10.1 Å². The van der Waals surface area contributed by atoms with Gasteiger partial charge in [0, 0.05) is 5.69 Å². The number of aromatic nitrogens is 2. The van der Waals surface area contributed by atoms with Gasteiger partial charge in [0.05, 0.1) is 12.7 Å². The molecule has 8 nitrogen and oxygen atoms in total. The molecule has 2 aromatic rings. The molecule has 1 aromatic heterocycles. The van der Waals surface area contributed by atoms with E-state index in [2.05, 4.69) is 14.8 Å². The van der Waals surface area contributed by atoms with Crippen LogP contribution in [-0.4, -0.2) is 26.1 Å². The van der Waals surface area contributed by atoms with E-state index in [1.54, 1.807) is 4.68 Å². The maximum atomic E-state index is 14.3. The van der Waals surface area contributed by atoms with Gasteiger partial charge in [-0.3, -0.25) is 0 Å². The molecule has 0 saturated heterocycles. The van der Waals surface area contributed by atoms with E-state index in [0.717, 1.165) is 11.1 Å². The summed E-state index contributed by atoms with van der Waals surface area (Å²) < 4.78 is 37.9. The number of carbonyl (C=O) groups excluding carboxylic acids is 1. The topological polar surface area (TPSA) is 112 Å². The summed E-state index contributed by atoms with van der Waals surface area (Å²) in [5.41, 5.74) is 3.54. The van der Waals surface area contributed by atoms with E-state index in [1.807, 2.05) is 6.92 Å². The van der Waals surface area contributed by atoms with E-state index >= 15 is 0 Å². The van der Waals surface area contributed by atoms with Crippen molar-refractivity contribution in [3.05, 3.63) is 34.3 Å². The van der Waals surface area contributed by atoms with Crippen molar-refractivity contribution >= 4 is 21.6 Å². The van der Waals surface area contributed by atoms with Crippen LogP contribution in [0.3, 0.4) is 0 Å². The summed E-state index contributed by atoms with van der Waals surface area (Å²) >= 11 is 0. The second-order valence-electron chi connectivity index (χ2n) is 7.12. The summed E-state index contributed by atoms with van der Waals surface area (Å²) in [5, 5.41) is 12.6. The predicted octanol–water partition coefficient (Wildman–Crippen LogP) is 1.93. The van der Waals surface area contributed by atoms with Crippen LogP contribution in [0.5, 0.6) is 5.88 Å². The Hall–Kier alpha value is -2.46. The number of urea groups is 1. The van der Waals surface area contributed by atoms with Crippen molar-refractivity contribution < 1.29 is 18.1 Å². The molecule has 0 bridgehead atoms. The third-order valence-corrected chi connectivity index (χ3v) is 6.73. The zero-order valence-corrected chi connectivity index (χ0v) is 15.4. The van der Waals surface area contributed by atoms with Crippen LogP contribution in [0.25, 0.3) is 0 Å². The number of benzene rings is 1. The first-order valence-corrected chi connectivity index (χ1v) is 10.4. The highest BCUT2D eigenvalue weighted by molar-refractivity contribution is 7.91. The number of carbonyl (C=O) groups is 1. The summed E-state index contributed by atoms with van der Waals surface area (Å²) in [7, 11) is -3.52. The van der Waals surface area contributed by atoms with Gasteiger partial charge in [-0.15, -0.1) is 4.36 Å². The fraction of sp³-hybridized carbons (Fsp3) is 0.412. The van der Waals surface area contributed by atoms with Gasteiger partial charge in [0.25, 0.3) is 0 Å². The van der Waals surface area contributed by atoms with Gasteiger partial charge in [-0.2, -0.15) is 5.10 Å². The number of nitrogens with two attached hydrogens (primary N) is 1. The van der Waals surface area contributed by atoms with Gasteiger partial charge in [-0.1, -0.05) is 0 Å². The third kappa shape index (κ3) is 2.39. The number of ether oxygens (including phenoxy) is 1. The number of halogens is 1. The van der Waals surface area contributed by atoms with Crippen LogP contribution in [-0.2, 0) is 42.1 Å². The Balaban J connectivity index is 1.47. The van der Waals surface area contributed by atoms with E-state index in [4.69, 9.17) is 9.88 Å². The molecule has 10 heteroatoms. The SMILES string of the molecule is C[C@@H]1Cn2ncc(S(N)(=O)=NC(=O)Nc3c4c(c(F)c5c3CC5)CC4)c2O1. The predicted molar refractivity (Wildman–Crippen MR) is 95.6 cm³/mol. The first kappa shape index (κ1) is 16.7. The summed E-state index contributed by atoms with van der Waals surface area (Å²) in [4.78, 5) is 12.5. The van der Waals surface area contributed by atoms with E-state index in [-0.39, 0.29) is 22.7 Å². The molecule has 3 aliphatic rings. The first-order chi connectivity index (χ1) is 12.8. The molecule has 1 unspecified atom stereocenters. The Morgan fingerprint density at radius 3 is 2.56 bits per heavy atom. The van der Waals surface area contributed by atoms with Crippen LogP contribution in [0.4, 0.5) is 14.9 Å². The van der Waals surface area contributed by atoms with Crippen LogP contribution in [0, 0.1) is 5.82 Å². The minimum absolute atomic E-state index is 0.0992. The minimum Gasteiger partial charge on any atom is -0.472 e. The molecular formula is C17H18FN5O3S. The average Bonchev–Trinajstić information content (AvgIpc) is 3.01. The molecule has 27 heavy (non-hydrogen) atoms. The summed E-state index contributed by atoms with van der Waals surface area (Å²) in [6, 6.07) is -0.816. The van der Waals surface area contributed by atoms with Crippen molar-refractivity contribution in [2.24, 2.45) is 9.50 Å². The second-order valence-corrected chi connectivity index (χ2v) is 8.88. The highest BCUT2D eigenvalue weighted by Crippen LogP contribution is 2.43. The number of nitrogens with zero attached hydrogens (tertiary/aromatic N) is 3. The van der Waals surface area contributed by atoms with Crippen LogP contribution in [0.1, 0.15) is 29.2 Å². The van der Waals surface area contributed by atoms with E-state index in [1.165, 1.54) is 6.20 Å². The maximum absolute atomic E-state index is 14.3. The standard InChI is InChI=1S/C17H18FN5O3S/c1-8-7-23-16(26-8)13(6-20-23)27(19,25)22-17(24)21-15-11-4-2-9(11)14(18)10-3-5-12(10)15/h6,8H,2-5,7H2,1H3,(H3,19,21,22,24,25)/t8-,27?/m1/s1. The van der Waals surface area contributed by atoms with Gasteiger partial charge >= 0.3 is 6.03 Å². The zero-order valence-electron chi connectivity index (χ0n) is 14.6. The minimum atomic E-state index is -3.52. The van der Waals surface area contributed by atoms with Crippen molar-refractivity contribution in [2.45, 2.75) is 50.2 Å². The van der Waals surface area contributed by atoms with E-state index < -0.39 is 15.9 Å². The Labute approximate surface area is 155 Å². The fourth-order valence-electron chi connectivity index (χ4n) is 3.88. The third-order valence-electron chi connectivity index (χ3n) is 5.38. The zero-order chi connectivity index (χ0) is 18.9. The lowest BCUT2D eigenvalue weighted by molar-refractivity contribution is 0.248. The Morgan fingerprint density at radius 1 is 1.33 bits per heavy atom. The molecule has 5 rings (SSSR count). The summed E-state index contributed by atoms with van der Waals surface area (Å²) in [6.07, 6.45) is 3.94. The number of nitrogens with one attached hydrogen (secondary N) is 1. The molecule has 0 fully saturated rings. The fourth-order valence-corrected chi connectivity index (χ4v) is 4.87. The highest BCUT2D eigenvalue weighted by Gasteiger charge is 2.33. The largest absolute Gasteiger partial charge is 0.472 e. The highest BCUT2D eigenvalue weighted by atomic mass is 32.2. The molecule has 2 atom stereocenters. The van der Waals surface area contributed by atoms with Crippen LogP contribution >= 0.6 is 0 Å². The smallest absolute Gasteiger partial charge is 0.354 e. The van der Waals surface area contributed by atoms with Crippen LogP contribution in [0.2, 0.25) is 0 Å². The lowest BCUT2D eigenvalue weighted by Gasteiger charge is -2.32. The van der Waals surface area contributed by atoms with Gasteiger partial charge in [0.2, 0.25) is 5.88 Å². The molecule has 142 valence electrons. The Morgan fingerprint density at radius 2 is 1.96 bits per heavy atom. The van der Waals surface area contributed by atoms with Crippen molar-refractivity contribution in [2.75, 3.05) is 5.32 Å². The van der Waals surface area contributed by atoms with Gasteiger partial charge in [0.15, 0.2) is 9.92 Å². The second kappa shape index (κ2) is 5.52. The molecular weight excluding hydrogens is 373 g/mol. The number of rotatable bonds is 2. The molecule has 2 amide bonds. The maximum Gasteiger partial charge on any atom is 0.354 e. The average molecular weight is 391 g/mol. The number of fused-ring (bicyclic) bond motifs is 3. The molecule has 1 aliphatic heterocycles. The van der Waals surface area contributed by atoms with Crippen molar-refractivity contribution in [3.8, 4) is 5.88 Å². The number of hydrogen-bond acceptors (Lipinski definition) is 4. The Bertz CT molecular complexity index is 1100. The molecule has 1 aromatic carbocycles. The van der Waals surface area contributed by atoms with Crippen LogP contribution < -0.4 is 15.2 Å². The monoisotopic (exact) mass is 391 g/mol. The van der Waals surface area contributed by atoms with Crippen molar-refractivity contribution in [3.63, 3.8) is 0 Å². The van der Waals surface area contributed by atoms with Gasteiger partial charge in [-0.05, 0) is 54.9 Å². The molecule has 2 heterocycles. The summed E-state index contributed by atoms with van der Waals surface area (Å²) in [6.45, 7) is 2.37. The van der Waals surface area contributed by atoms with Crippen LogP contribution in [0.15, 0.2) is 15.5 Å². The number of anilines is 1. The van der Waals surface area contributed by atoms with Gasteiger partial charge in [-0.25, -0.2) is 23.2 Å². The Kier molecular flexibility index (Phi) is 3.41. The molecule has 2 aliphatic carbocycles. The molecule has 3 N–H and O–H groups in total. The van der Waals surface area contributed by atoms with Crippen molar-refractivity contribution in [1.82, 2.24) is 9.78 Å². The summed E-state index contributed by atoms with van der Waals surface area (Å²) in [5.74, 6) is 0.137. The number of amides is 2. The van der Waals surface area contributed by atoms with E-state index in [0.29, 0.717) is 49.0 Å². The quantitative estimate of drug-likeness (QED) is 0.815. The van der Waals surface area contributed by atoms with Gasteiger partial charge in [0.1, 0.15) is 16.8 Å². The van der Waals surface area contributed by atoms with E-state index in [9.17, 15) is 13.4 Å². The number of hydrogen-bond donors (Lipinski definition) is 2. The van der Waals surface area contributed by atoms with Crippen molar-refractivity contribution in [1.29, 1.82) is 0 Å². The molecule has 0 radical (unpaired) electrons. The normalized spacial score (nSPS) is 20.9. The molecule has 0 saturated carbocycles.